The molecule has 0 aromatic heterocycles. The van der Waals surface area contributed by atoms with Crippen molar-refractivity contribution in [1.82, 2.24) is 0 Å². The molecule has 176 valence electrons. The van der Waals surface area contributed by atoms with Crippen molar-refractivity contribution < 1.29 is 18.9 Å². The lowest BCUT2D eigenvalue weighted by Gasteiger charge is -2.24. The minimum atomic E-state index is -0.0247. The van der Waals surface area contributed by atoms with Gasteiger partial charge in [0.2, 0.25) is 0 Å². The van der Waals surface area contributed by atoms with Crippen molar-refractivity contribution in [2.45, 2.75) is 12.5 Å². The van der Waals surface area contributed by atoms with Gasteiger partial charge in [-0.05, 0) is 59.7 Å². The molecular formula is C27H27ClN2O4. The third-order valence-electron chi connectivity index (χ3n) is 5.67. The van der Waals surface area contributed by atoms with E-state index in [-0.39, 0.29) is 6.04 Å². The van der Waals surface area contributed by atoms with Crippen molar-refractivity contribution in [1.29, 1.82) is 0 Å². The van der Waals surface area contributed by atoms with Gasteiger partial charge in [-0.25, -0.2) is 0 Å². The molecule has 34 heavy (non-hydrogen) atoms. The standard InChI is InChI=1S/C27H27ClN2O4/c1-31-24-12-9-18(14-26(24)33-3)8-11-21-17-23(19-10-13-25(32-2)27(15-19)34-4)30(29-21)22-7-5-6-20(28)16-22/h5-16,23H,17H2,1-4H3/b11-8-/t23-/m0/s1. The van der Waals surface area contributed by atoms with E-state index in [1.165, 1.54) is 0 Å². The van der Waals surface area contributed by atoms with Gasteiger partial charge in [0, 0.05) is 11.4 Å². The van der Waals surface area contributed by atoms with Crippen LogP contribution in [0.4, 0.5) is 5.69 Å². The highest BCUT2D eigenvalue weighted by Crippen LogP contribution is 2.39. The highest BCUT2D eigenvalue weighted by atomic mass is 35.5. The molecule has 1 aliphatic rings. The van der Waals surface area contributed by atoms with E-state index in [0.717, 1.165) is 22.5 Å². The van der Waals surface area contributed by atoms with Gasteiger partial charge in [0.15, 0.2) is 23.0 Å². The molecule has 0 fully saturated rings. The molecule has 0 N–H and O–H groups in total. The first-order valence-electron chi connectivity index (χ1n) is 10.8. The summed E-state index contributed by atoms with van der Waals surface area (Å²) in [7, 11) is 6.52. The lowest BCUT2D eigenvalue weighted by atomic mass is 10.00. The Morgan fingerprint density at radius 3 is 2.15 bits per heavy atom. The highest BCUT2D eigenvalue weighted by molar-refractivity contribution is 6.30. The molecule has 6 nitrogen and oxygen atoms in total. The van der Waals surface area contributed by atoms with Crippen LogP contribution < -0.4 is 24.0 Å². The first-order chi connectivity index (χ1) is 16.6. The second-order valence-electron chi connectivity index (χ2n) is 7.70. The maximum atomic E-state index is 6.29. The zero-order valence-corrected chi connectivity index (χ0v) is 20.4. The lowest BCUT2D eigenvalue weighted by Crippen LogP contribution is -2.18. The number of hydrogen-bond acceptors (Lipinski definition) is 6. The number of anilines is 1. The molecule has 0 unspecified atom stereocenters. The summed E-state index contributed by atoms with van der Waals surface area (Å²) in [6.07, 6.45) is 4.76. The summed E-state index contributed by atoms with van der Waals surface area (Å²) in [5, 5.41) is 7.58. The molecule has 7 heteroatoms. The number of hydrogen-bond donors (Lipinski definition) is 0. The molecule has 0 bridgehead atoms. The van der Waals surface area contributed by atoms with Crippen LogP contribution in [0.3, 0.4) is 0 Å². The van der Waals surface area contributed by atoms with Crippen LogP contribution in [0, 0.1) is 0 Å². The summed E-state index contributed by atoms with van der Waals surface area (Å²) in [6.45, 7) is 0. The van der Waals surface area contributed by atoms with Gasteiger partial charge in [0.25, 0.3) is 0 Å². The summed E-state index contributed by atoms with van der Waals surface area (Å²) >= 11 is 6.29. The first-order valence-corrected chi connectivity index (χ1v) is 11.2. The maximum absolute atomic E-state index is 6.29. The Bertz CT molecular complexity index is 1230. The second-order valence-corrected chi connectivity index (χ2v) is 8.13. The number of nitrogens with zero attached hydrogens (tertiary/aromatic N) is 2. The SMILES string of the molecule is COc1ccc(/C=C\C2=NN(c3cccc(Cl)c3)[C@H](c3ccc(OC)c(OC)c3)C2)cc1OC. The number of ether oxygens (including phenoxy) is 4. The molecule has 0 amide bonds. The molecule has 0 spiro atoms. The first kappa shape index (κ1) is 23.5. The maximum Gasteiger partial charge on any atom is 0.161 e. The van der Waals surface area contributed by atoms with Crippen molar-refractivity contribution in [2.75, 3.05) is 33.4 Å². The van der Waals surface area contributed by atoms with Gasteiger partial charge in [-0.2, -0.15) is 5.10 Å². The van der Waals surface area contributed by atoms with Gasteiger partial charge in [-0.1, -0.05) is 35.9 Å². The quantitative estimate of drug-likeness (QED) is 0.375. The summed E-state index contributed by atoms with van der Waals surface area (Å²) in [5.41, 5.74) is 3.91. The summed E-state index contributed by atoms with van der Waals surface area (Å²) < 4.78 is 21.7. The Morgan fingerprint density at radius 2 is 1.47 bits per heavy atom. The molecule has 4 rings (SSSR count). The third kappa shape index (κ3) is 4.97. The van der Waals surface area contributed by atoms with E-state index in [2.05, 4.69) is 0 Å². The smallest absolute Gasteiger partial charge is 0.161 e. The summed E-state index contributed by atoms with van der Waals surface area (Å²) in [6, 6.07) is 19.4. The van der Waals surface area contributed by atoms with E-state index in [1.54, 1.807) is 28.4 Å². The highest BCUT2D eigenvalue weighted by Gasteiger charge is 2.29. The van der Waals surface area contributed by atoms with E-state index in [9.17, 15) is 0 Å². The number of rotatable bonds is 8. The predicted octanol–water partition coefficient (Wildman–Crippen LogP) is 6.40. The monoisotopic (exact) mass is 478 g/mol. The van der Waals surface area contributed by atoms with Gasteiger partial charge in [0.05, 0.1) is 45.9 Å². The molecule has 0 saturated carbocycles. The Labute approximate surface area is 205 Å². The Hall–Kier alpha value is -3.64. The fourth-order valence-corrected chi connectivity index (χ4v) is 4.14. The average Bonchev–Trinajstić information content (AvgIpc) is 3.31. The van der Waals surface area contributed by atoms with Crippen molar-refractivity contribution >= 4 is 29.1 Å². The predicted molar refractivity (Wildman–Crippen MR) is 137 cm³/mol. The number of benzene rings is 3. The van der Waals surface area contributed by atoms with Crippen molar-refractivity contribution in [3.63, 3.8) is 0 Å². The van der Waals surface area contributed by atoms with Crippen molar-refractivity contribution in [2.24, 2.45) is 5.10 Å². The number of hydrazone groups is 1. The Morgan fingerprint density at radius 1 is 0.794 bits per heavy atom. The van der Waals surface area contributed by atoms with E-state index in [4.69, 9.17) is 35.6 Å². The van der Waals surface area contributed by atoms with E-state index in [0.29, 0.717) is 34.4 Å². The van der Waals surface area contributed by atoms with E-state index in [1.807, 2.05) is 77.8 Å². The number of methoxy groups -OCH3 is 4. The Kier molecular flexibility index (Phi) is 7.28. The van der Waals surface area contributed by atoms with E-state index >= 15 is 0 Å². The van der Waals surface area contributed by atoms with Crippen LogP contribution in [0.5, 0.6) is 23.0 Å². The van der Waals surface area contributed by atoms with Crippen LogP contribution in [0.2, 0.25) is 5.02 Å². The molecule has 1 heterocycles. The number of halogens is 1. The van der Waals surface area contributed by atoms with Crippen LogP contribution in [-0.2, 0) is 0 Å². The van der Waals surface area contributed by atoms with Gasteiger partial charge in [0.1, 0.15) is 0 Å². The fraction of sp³-hybridized carbons (Fsp3) is 0.222. The summed E-state index contributed by atoms with van der Waals surface area (Å²) in [5.74, 6) is 2.74. The third-order valence-corrected chi connectivity index (χ3v) is 5.91. The van der Waals surface area contributed by atoms with Gasteiger partial charge in [-0.15, -0.1) is 0 Å². The average molecular weight is 479 g/mol. The molecule has 3 aromatic rings. The molecule has 0 aliphatic carbocycles. The molecule has 1 atom stereocenters. The number of allylic oxidation sites excluding steroid dienone is 1. The lowest BCUT2D eigenvalue weighted by molar-refractivity contribution is 0.354. The zero-order valence-electron chi connectivity index (χ0n) is 19.6. The van der Waals surface area contributed by atoms with Crippen LogP contribution in [-0.4, -0.2) is 34.2 Å². The van der Waals surface area contributed by atoms with Crippen LogP contribution in [0.15, 0.2) is 71.8 Å². The minimum Gasteiger partial charge on any atom is -0.493 e. The Balaban J connectivity index is 1.67. The van der Waals surface area contributed by atoms with Crippen molar-refractivity contribution in [3.8, 4) is 23.0 Å². The van der Waals surface area contributed by atoms with Gasteiger partial charge < -0.3 is 18.9 Å². The zero-order chi connectivity index (χ0) is 24.1. The molecule has 0 radical (unpaired) electrons. The topological polar surface area (TPSA) is 52.5 Å². The van der Waals surface area contributed by atoms with Crippen LogP contribution in [0.25, 0.3) is 6.08 Å². The van der Waals surface area contributed by atoms with Crippen LogP contribution in [0.1, 0.15) is 23.6 Å². The second kappa shape index (κ2) is 10.5. The van der Waals surface area contributed by atoms with Crippen molar-refractivity contribution in [3.05, 3.63) is 82.9 Å². The molecule has 1 aliphatic heterocycles. The largest absolute Gasteiger partial charge is 0.493 e. The van der Waals surface area contributed by atoms with E-state index < -0.39 is 0 Å². The van der Waals surface area contributed by atoms with Gasteiger partial charge in [-0.3, -0.25) is 5.01 Å². The molecule has 0 saturated heterocycles. The van der Waals surface area contributed by atoms with Crippen LogP contribution >= 0.6 is 11.6 Å². The normalized spacial score (nSPS) is 15.4. The van der Waals surface area contributed by atoms with Gasteiger partial charge >= 0.3 is 0 Å². The minimum absolute atomic E-state index is 0.0247. The summed E-state index contributed by atoms with van der Waals surface area (Å²) in [4.78, 5) is 0. The molecular weight excluding hydrogens is 452 g/mol. The molecule has 3 aromatic carbocycles. The fourth-order valence-electron chi connectivity index (χ4n) is 3.96.